The highest BCUT2D eigenvalue weighted by Gasteiger charge is 2.10. The van der Waals surface area contributed by atoms with E-state index in [9.17, 15) is 9.59 Å². The molecule has 0 saturated heterocycles. The van der Waals surface area contributed by atoms with Gasteiger partial charge in [-0.25, -0.2) is 5.43 Å². The van der Waals surface area contributed by atoms with Crippen LogP contribution >= 0.6 is 0 Å². The SMILES string of the molecule is CCCOc1ccc2ccccc2c1C=NNC(=O)CC(=O)Nc1ccc(OC)cc1. The highest BCUT2D eigenvalue weighted by Crippen LogP contribution is 2.26. The van der Waals surface area contributed by atoms with E-state index in [1.165, 1.54) is 0 Å². The van der Waals surface area contributed by atoms with Crippen molar-refractivity contribution in [3.63, 3.8) is 0 Å². The van der Waals surface area contributed by atoms with E-state index < -0.39 is 11.8 Å². The maximum absolute atomic E-state index is 12.1. The molecule has 160 valence electrons. The van der Waals surface area contributed by atoms with Gasteiger partial charge in [0.25, 0.3) is 0 Å². The van der Waals surface area contributed by atoms with Crippen LogP contribution in [-0.4, -0.2) is 31.7 Å². The van der Waals surface area contributed by atoms with Crippen LogP contribution in [0, 0.1) is 0 Å². The Hall–Kier alpha value is -3.87. The molecule has 31 heavy (non-hydrogen) atoms. The Morgan fingerprint density at radius 3 is 2.52 bits per heavy atom. The molecule has 7 nitrogen and oxygen atoms in total. The number of hydrogen-bond acceptors (Lipinski definition) is 5. The summed E-state index contributed by atoms with van der Waals surface area (Å²) in [5.74, 6) is 0.421. The summed E-state index contributed by atoms with van der Waals surface area (Å²) in [6, 6.07) is 18.6. The second-order valence-electron chi connectivity index (χ2n) is 6.79. The van der Waals surface area contributed by atoms with Crippen molar-refractivity contribution in [2.24, 2.45) is 5.10 Å². The Balaban J connectivity index is 1.63. The fourth-order valence-electron chi connectivity index (χ4n) is 2.98. The largest absolute Gasteiger partial charge is 0.497 e. The van der Waals surface area contributed by atoms with Crippen molar-refractivity contribution in [1.29, 1.82) is 0 Å². The lowest BCUT2D eigenvalue weighted by Gasteiger charge is -2.11. The van der Waals surface area contributed by atoms with Gasteiger partial charge in [0.2, 0.25) is 11.8 Å². The lowest BCUT2D eigenvalue weighted by Crippen LogP contribution is -2.24. The molecule has 0 aromatic heterocycles. The molecule has 7 heteroatoms. The maximum Gasteiger partial charge on any atom is 0.249 e. The van der Waals surface area contributed by atoms with E-state index in [4.69, 9.17) is 9.47 Å². The highest BCUT2D eigenvalue weighted by atomic mass is 16.5. The number of nitrogens with zero attached hydrogens (tertiary/aromatic N) is 1. The van der Waals surface area contributed by atoms with Crippen LogP contribution in [0.4, 0.5) is 5.69 Å². The van der Waals surface area contributed by atoms with Gasteiger partial charge in [0.15, 0.2) is 0 Å². The minimum absolute atomic E-state index is 0.349. The van der Waals surface area contributed by atoms with Gasteiger partial charge in [0, 0.05) is 11.3 Å². The minimum Gasteiger partial charge on any atom is -0.497 e. The third kappa shape index (κ3) is 6.05. The predicted molar refractivity (Wildman–Crippen MR) is 122 cm³/mol. The molecular weight excluding hydrogens is 394 g/mol. The molecule has 3 rings (SSSR count). The lowest BCUT2D eigenvalue weighted by molar-refractivity contribution is -0.126. The third-order valence-electron chi connectivity index (χ3n) is 4.47. The van der Waals surface area contributed by atoms with Crippen LogP contribution in [0.5, 0.6) is 11.5 Å². The number of carbonyl (C=O) groups is 2. The zero-order valence-corrected chi connectivity index (χ0v) is 17.6. The van der Waals surface area contributed by atoms with Crippen LogP contribution in [0.3, 0.4) is 0 Å². The quantitative estimate of drug-likeness (QED) is 0.310. The number of amides is 2. The van der Waals surface area contributed by atoms with Gasteiger partial charge in [-0.05, 0) is 47.5 Å². The minimum atomic E-state index is -0.515. The first kappa shape index (κ1) is 21.8. The zero-order valence-electron chi connectivity index (χ0n) is 17.6. The van der Waals surface area contributed by atoms with E-state index in [0.29, 0.717) is 23.8 Å². The van der Waals surface area contributed by atoms with Gasteiger partial charge in [0.1, 0.15) is 17.9 Å². The number of nitrogens with one attached hydrogen (secondary N) is 2. The number of hydrazone groups is 1. The number of ether oxygens (including phenoxy) is 2. The second kappa shape index (κ2) is 10.8. The van der Waals surface area contributed by atoms with Gasteiger partial charge in [-0.2, -0.15) is 5.10 Å². The Labute approximate surface area is 181 Å². The molecule has 0 aliphatic rings. The molecule has 2 N–H and O–H groups in total. The highest BCUT2D eigenvalue weighted by molar-refractivity contribution is 6.05. The van der Waals surface area contributed by atoms with Crippen LogP contribution in [0.25, 0.3) is 10.8 Å². The van der Waals surface area contributed by atoms with Crippen molar-refractivity contribution < 1.29 is 19.1 Å². The first-order chi connectivity index (χ1) is 15.1. The van der Waals surface area contributed by atoms with Crippen molar-refractivity contribution in [1.82, 2.24) is 5.43 Å². The molecule has 0 bridgehead atoms. The zero-order chi connectivity index (χ0) is 22.1. The number of fused-ring (bicyclic) bond motifs is 1. The molecule has 0 heterocycles. The predicted octanol–water partition coefficient (Wildman–Crippen LogP) is 4.12. The molecule has 0 radical (unpaired) electrons. The maximum atomic E-state index is 12.1. The van der Waals surface area contributed by atoms with Crippen LogP contribution < -0.4 is 20.2 Å². The number of rotatable bonds is 9. The molecule has 0 spiro atoms. The average Bonchev–Trinajstić information content (AvgIpc) is 2.78. The topological polar surface area (TPSA) is 89.0 Å². The fourth-order valence-corrected chi connectivity index (χ4v) is 2.98. The van der Waals surface area contributed by atoms with Crippen molar-refractivity contribution >= 4 is 34.5 Å². The van der Waals surface area contributed by atoms with E-state index in [2.05, 4.69) is 15.8 Å². The molecule has 3 aromatic carbocycles. The summed E-state index contributed by atoms with van der Waals surface area (Å²) in [5.41, 5.74) is 3.76. The molecule has 0 atom stereocenters. The lowest BCUT2D eigenvalue weighted by atomic mass is 10.0. The van der Waals surface area contributed by atoms with Crippen molar-refractivity contribution in [2.45, 2.75) is 19.8 Å². The summed E-state index contributed by atoms with van der Waals surface area (Å²) in [7, 11) is 1.57. The molecular formula is C24H25N3O4. The van der Waals surface area contributed by atoms with Crippen LogP contribution in [-0.2, 0) is 9.59 Å². The number of carbonyl (C=O) groups excluding carboxylic acids is 2. The van der Waals surface area contributed by atoms with Gasteiger partial charge in [-0.15, -0.1) is 0 Å². The average molecular weight is 419 g/mol. The Morgan fingerprint density at radius 2 is 1.77 bits per heavy atom. The van der Waals surface area contributed by atoms with Crippen LogP contribution in [0.2, 0.25) is 0 Å². The van der Waals surface area contributed by atoms with Crippen LogP contribution in [0.15, 0.2) is 65.8 Å². The van der Waals surface area contributed by atoms with Crippen molar-refractivity contribution in [3.8, 4) is 11.5 Å². The number of methoxy groups -OCH3 is 1. The smallest absolute Gasteiger partial charge is 0.249 e. The van der Waals surface area contributed by atoms with Gasteiger partial charge in [-0.1, -0.05) is 37.3 Å². The Kier molecular flexibility index (Phi) is 7.59. The summed E-state index contributed by atoms with van der Waals surface area (Å²) >= 11 is 0. The Morgan fingerprint density at radius 1 is 1.00 bits per heavy atom. The second-order valence-corrected chi connectivity index (χ2v) is 6.79. The fraction of sp³-hybridized carbons (Fsp3) is 0.208. The van der Waals surface area contributed by atoms with Gasteiger partial charge >= 0.3 is 0 Å². The molecule has 2 amide bonds. The number of benzene rings is 3. The van der Waals surface area contributed by atoms with E-state index in [-0.39, 0.29) is 6.42 Å². The van der Waals surface area contributed by atoms with Crippen LogP contribution in [0.1, 0.15) is 25.3 Å². The first-order valence-corrected chi connectivity index (χ1v) is 10.0. The number of hydrogen-bond donors (Lipinski definition) is 2. The third-order valence-corrected chi connectivity index (χ3v) is 4.47. The summed E-state index contributed by atoms with van der Waals surface area (Å²) in [6.45, 7) is 2.61. The first-order valence-electron chi connectivity index (χ1n) is 10.0. The molecule has 0 unspecified atom stereocenters. The number of anilines is 1. The molecule has 0 aliphatic heterocycles. The van der Waals surface area contributed by atoms with Crippen molar-refractivity contribution in [3.05, 3.63) is 66.2 Å². The van der Waals surface area contributed by atoms with E-state index >= 15 is 0 Å². The normalized spacial score (nSPS) is 10.8. The van der Waals surface area contributed by atoms with E-state index in [0.717, 1.165) is 22.8 Å². The standard InChI is InChI=1S/C24H25N3O4/c1-3-14-31-22-13-8-17-6-4-5-7-20(17)21(22)16-25-27-24(29)15-23(28)26-18-9-11-19(30-2)12-10-18/h4-13,16H,3,14-15H2,1-2H3,(H,26,28)(H,27,29). The summed E-state index contributed by atoms with van der Waals surface area (Å²) in [4.78, 5) is 24.2. The van der Waals surface area contributed by atoms with Gasteiger partial charge in [0.05, 0.1) is 19.9 Å². The van der Waals surface area contributed by atoms with Gasteiger partial charge in [-0.3, -0.25) is 9.59 Å². The van der Waals surface area contributed by atoms with Gasteiger partial charge < -0.3 is 14.8 Å². The molecule has 0 aliphatic carbocycles. The Bertz CT molecular complexity index is 1080. The summed E-state index contributed by atoms with van der Waals surface area (Å²) in [6.07, 6.45) is 2.08. The molecule has 3 aromatic rings. The van der Waals surface area contributed by atoms with Crippen molar-refractivity contribution in [2.75, 3.05) is 19.0 Å². The monoisotopic (exact) mass is 419 g/mol. The molecule has 0 saturated carbocycles. The summed E-state index contributed by atoms with van der Waals surface area (Å²) < 4.78 is 10.9. The molecule has 0 fully saturated rings. The summed E-state index contributed by atoms with van der Waals surface area (Å²) in [5, 5.41) is 8.71. The van der Waals surface area contributed by atoms with E-state index in [1.807, 2.05) is 43.3 Å². The van der Waals surface area contributed by atoms with E-state index in [1.54, 1.807) is 37.6 Å².